The van der Waals surface area contributed by atoms with E-state index in [0.29, 0.717) is 12.3 Å². The summed E-state index contributed by atoms with van der Waals surface area (Å²) in [7, 11) is 3.17. The Morgan fingerprint density at radius 1 is 1.38 bits per heavy atom. The maximum atomic E-state index is 11.5. The molecule has 1 amide bonds. The molecule has 8 nitrogen and oxygen atoms in total. The molecule has 0 saturated heterocycles. The van der Waals surface area contributed by atoms with Gasteiger partial charge in [0.1, 0.15) is 5.75 Å². The summed E-state index contributed by atoms with van der Waals surface area (Å²) in [6.45, 7) is 1.23. The summed E-state index contributed by atoms with van der Waals surface area (Å²) in [5.41, 5.74) is -0.152. The van der Waals surface area contributed by atoms with Crippen LogP contribution in [0, 0.1) is 10.1 Å². The van der Waals surface area contributed by atoms with Gasteiger partial charge in [0.25, 0.3) is 5.91 Å². The van der Waals surface area contributed by atoms with Crippen molar-refractivity contribution in [2.24, 2.45) is 0 Å². The molecule has 8 heteroatoms. The Morgan fingerprint density at radius 3 is 2.76 bits per heavy atom. The molecule has 0 aliphatic heterocycles. The number of methoxy groups -OCH3 is 1. The summed E-state index contributed by atoms with van der Waals surface area (Å²) in [6.07, 6.45) is 0.827. The molecule has 21 heavy (non-hydrogen) atoms. The van der Waals surface area contributed by atoms with Crippen LogP contribution in [0.3, 0.4) is 0 Å². The number of nitrogens with one attached hydrogen (secondary N) is 2. The zero-order valence-corrected chi connectivity index (χ0v) is 12.0. The highest BCUT2D eigenvalue weighted by Crippen LogP contribution is 2.30. The third kappa shape index (κ3) is 5.65. The van der Waals surface area contributed by atoms with E-state index in [4.69, 9.17) is 9.47 Å². The van der Waals surface area contributed by atoms with Crippen molar-refractivity contribution in [2.45, 2.75) is 6.42 Å². The van der Waals surface area contributed by atoms with E-state index < -0.39 is 4.92 Å². The van der Waals surface area contributed by atoms with Gasteiger partial charge in [-0.1, -0.05) is 0 Å². The molecule has 0 atom stereocenters. The molecule has 1 aromatic carbocycles. The lowest BCUT2D eigenvalue weighted by atomic mass is 10.3. The Hall–Kier alpha value is -2.35. The Bertz CT molecular complexity index is 493. The molecule has 0 saturated carbocycles. The monoisotopic (exact) mass is 297 g/mol. The quantitative estimate of drug-likeness (QED) is 0.395. The van der Waals surface area contributed by atoms with E-state index in [-0.39, 0.29) is 24.0 Å². The lowest BCUT2D eigenvalue weighted by molar-refractivity contribution is -0.385. The fourth-order valence-corrected chi connectivity index (χ4v) is 1.59. The number of nitro benzene ring substituents is 1. The minimum atomic E-state index is -0.545. The van der Waals surface area contributed by atoms with Gasteiger partial charge < -0.3 is 20.1 Å². The first-order valence-corrected chi connectivity index (χ1v) is 6.45. The highest BCUT2D eigenvalue weighted by Gasteiger charge is 2.15. The van der Waals surface area contributed by atoms with Crippen molar-refractivity contribution < 1.29 is 19.2 Å². The van der Waals surface area contributed by atoms with Gasteiger partial charge in [-0.05, 0) is 26.1 Å². The smallest absolute Gasteiger partial charge is 0.311 e. The lowest BCUT2D eigenvalue weighted by Crippen LogP contribution is -2.30. The molecule has 0 aliphatic rings. The van der Waals surface area contributed by atoms with Crippen molar-refractivity contribution in [1.82, 2.24) is 10.6 Å². The predicted octanol–water partition coefficient (Wildman–Crippen LogP) is 0.708. The molecule has 0 unspecified atom stereocenters. The molecule has 1 aromatic rings. The third-order valence-electron chi connectivity index (χ3n) is 2.64. The zero-order chi connectivity index (χ0) is 15.7. The van der Waals surface area contributed by atoms with E-state index in [9.17, 15) is 14.9 Å². The van der Waals surface area contributed by atoms with Gasteiger partial charge in [0, 0.05) is 18.7 Å². The number of nitrogens with zero attached hydrogens (tertiary/aromatic N) is 1. The summed E-state index contributed by atoms with van der Waals surface area (Å²) in [6, 6.07) is 4.08. The van der Waals surface area contributed by atoms with E-state index >= 15 is 0 Å². The topological polar surface area (TPSA) is 103 Å². The van der Waals surface area contributed by atoms with Crippen molar-refractivity contribution in [1.29, 1.82) is 0 Å². The van der Waals surface area contributed by atoms with Gasteiger partial charge in [0.15, 0.2) is 6.61 Å². The van der Waals surface area contributed by atoms with Crippen LogP contribution in [0.2, 0.25) is 0 Å². The number of benzene rings is 1. The van der Waals surface area contributed by atoms with E-state index in [1.807, 2.05) is 7.05 Å². The van der Waals surface area contributed by atoms with Crippen molar-refractivity contribution in [3.63, 3.8) is 0 Å². The molecule has 0 aliphatic carbocycles. The van der Waals surface area contributed by atoms with E-state index in [1.54, 1.807) is 0 Å². The number of amides is 1. The molecule has 0 spiro atoms. The molecule has 0 fully saturated rings. The summed E-state index contributed by atoms with van der Waals surface area (Å²) in [5.74, 6) is 0.179. The summed E-state index contributed by atoms with van der Waals surface area (Å²) < 4.78 is 10.2. The number of hydrogen-bond acceptors (Lipinski definition) is 6. The highest BCUT2D eigenvalue weighted by atomic mass is 16.6. The average Bonchev–Trinajstić information content (AvgIpc) is 2.49. The van der Waals surface area contributed by atoms with Crippen LogP contribution in [0.5, 0.6) is 11.5 Å². The fraction of sp³-hybridized carbons (Fsp3) is 0.462. The Balaban J connectivity index is 2.48. The van der Waals surface area contributed by atoms with Crippen molar-refractivity contribution in [3.8, 4) is 11.5 Å². The Kier molecular flexibility index (Phi) is 6.96. The number of rotatable bonds is 9. The maximum Gasteiger partial charge on any atom is 0.311 e. The minimum absolute atomic E-state index is 0.0897. The van der Waals surface area contributed by atoms with Gasteiger partial charge in [-0.3, -0.25) is 14.9 Å². The molecular formula is C13H19N3O5. The summed E-state index contributed by atoms with van der Waals surface area (Å²) in [4.78, 5) is 21.7. The van der Waals surface area contributed by atoms with Gasteiger partial charge in [-0.25, -0.2) is 0 Å². The SMILES string of the molecule is CNCCCNC(=O)COc1ccc([N+](=O)[O-])c(OC)c1. The molecule has 2 N–H and O–H groups in total. The van der Waals surface area contributed by atoms with Gasteiger partial charge in [0.2, 0.25) is 5.75 Å². The van der Waals surface area contributed by atoms with Crippen LogP contribution in [-0.4, -0.2) is 44.7 Å². The maximum absolute atomic E-state index is 11.5. The molecular weight excluding hydrogens is 278 g/mol. The number of nitro groups is 1. The first-order valence-electron chi connectivity index (χ1n) is 6.45. The standard InChI is InChI=1S/C13H19N3O5/c1-14-6-3-7-15-13(17)9-21-10-4-5-11(16(18)19)12(8-10)20-2/h4-5,8,14H,3,6-7,9H2,1-2H3,(H,15,17). The minimum Gasteiger partial charge on any atom is -0.490 e. The second kappa shape index (κ2) is 8.75. The largest absolute Gasteiger partial charge is 0.490 e. The van der Waals surface area contributed by atoms with Crippen molar-refractivity contribution >= 4 is 11.6 Å². The van der Waals surface area contributed by atoms with Crippen LogP contribution in [0.25, 0.3) is 0 Å². The predicted molar refractivity (Wildman–Crippen MR) is 76.7 cm³/mol. The zero-order valence-electron chi connectivity index (χ0n) is 12.0. The van der Waals surface area contributed by atoms with Crippen LogP contribution in [0.15, 0.2) is 18.2 Å². The van der Waals surface area contributed by atoms with Crippen LogP contribution in [-0.2, 0) is 4.79 Å². The Labute approximate surface area is 122 Å². The van der Waals surface area contributed by atoms with Crippen molar-refractivity contribution in [2.75, 3.05) is 33.9 Å². The molecule has 116 valence electrons. The highest BCUT2D eigenvalue weighted by molar-refractivity contribution is 5.77. The van der Waals surface area contributed by atoms with Gasteiger partial charge >= 0.3 is 5.69 Å². The number of carbonyl (C=O) groups excluding carboxylic acids is 1. The number of carbonyl (C=O) groups is 1. The normalized spacial score (nSPS) is 10.0. The van der Waals surface area contributed by atoms with E-state index in [1.165, 1.54) is 25.3 Å². The first-order chi connectivity index (χ1) is 10.1. The van der Waals surface area contributed by atoms with E-state index in [0.717, 1.165) is 13.0 Å². The second-order valence-electron chi connectivity index (χ2n) is 4.19. The fourth-order valence-electron chi connectivity index (χ4n) is 1.59. The molecule has 0 radical (unpaired) electrons. The summed E-state index contributed by atoms with van der Waals surface area (Å²) >= 11 is 0. The first kappa shape index (κ1) is 16.7. The van der Waals surface area contributed by atoms with Crippen LogP contribution in [0.1, 0.15) is 6.42 Å². The van der Waals surface area contributed by atoms with Gasteiger partial charge in [-0.15, -0.1) is 0 Å². The van der Waals surface area contributed by atoms with E-state index in [2.05, 4.69) is 10.6 Å². The van der Waals surface area contributed by atoms with Crippen LogP contribution < -0.4 is 20.1 Å². The average molecular weight is 297 g/mol. The summed E-state index contributed by atoms with van der Waals surface area (Å²) in [5, 5.41) is 16.4. The van der Waals surface area contributed by atoms with Crippen LogP contribution >= 0.6 is 0 Å². The molecule has 1 rings (SSSR count). The van der Waals surface area contributed by atoms with Crippen molar-refractivity contribution in [3.05, 3.63) is 28.3 Å². The van der Waals surface area contributed by atoms with Gasteiger partial charge in [0.05, 0.1) is 12.0 Å². The molecule has 0 bridgehead atoms. The number of ether oxygens (including phenoxy) is 2. The molecule has 0 aromatic heterocycles. The molecule has 0 heterocycles. The third-order valence-corrected chi connectivity index (χ3v) is 2.64. The number of hydrogen-bond donors (Lipinski definition) is 2. The second-order valence-corrected chi connectivity index (χ2v) is 4.19. The lowest BCUT2D eigenvalue weighted by Gasteiger charge is -2.08. The van der Waals surface area contributed by atoms with Gasteiger partial charge in [-0.2, -0.15) is 0 Å². The Morgan fingerprint density at radius 2 is 2.14 bits per heavy atom. The van der Waals surface area contributed by atoms with Crippen LogP contribution in [0.4, 0.5) is 5.69 Å².